The Morgan fingerprint density at radius 3 is 2.63 bits per heavy atom. The fourth-order valence-corrected chi connectivity index (χ4v) is 7.02. The molecule has 38 heavy (non-hydrogen) atoms. The van der Waals surface area contributed by atoms with Crippen molar-refractivity contribution < 1.29 is 19.1 Å². The minimum atomic E-state index is -0.625. The monoisotopic (exact) mass is 572 g/mol. The van der Waals surface area contributed by atoms with Crippen molar-refractivity contribution in [2.24, 2.45) is 11.3 Å². The molecular formula is C29H30Cl2N2O4S. The van der Waals surface area contributed by atoms with Crippen LogP contribution >= 0.6 is 34.5 Å². The van der Waals surface area contributed by atoms with Crippen molar-refractivity contribution in [3.63, 3.8) is 0 Å². The van der Waals surface area contributed by atoms with E-state index in [1.807, 2.05) is 0 Å². The second-order valence-corrected chi connectivity index (χ2v) is 12.4. The van der Waals surface area contributed by atoms with Crippen molar-refractivity contribution in [3.05, 3.63) is 73.6 Å². The number of methoxy groups -OCH3 is 1. The first-order chi connectivity index (χ1) is 18.1. The van der Waals surface area contributed by atoms with Gasteiger partial charge in [0.05, 0.1) is 23.3 Å². The molecule has 0 unspecified atom stereocenters. The van der Waals surface area contributed by atoms with E-state index in [9.17, 15) is 9.59 Å². The van der Waals surface area contributed by atoms with Crippen molar-refractivity contribution >= 4 is 51.4 Å². The van der Waals surface area contributed by atoms with E-state index >= 15 is 0 Å². The highest BCUT2D eigenvalue weighted by atomic mass is 35.5. The van der Waals surface area contributed by atoms with Crippen LogP contribution in [-0.2, 0) is 12.8 Å². The smallest absolute Gasteiger partial charge is 0.345 e. The minimum Gasteiger partial charge on any atom is -0.493 e. The SMILES string of the molecule is CCC(C)(C)[C@H]1CCc2c(sc3c2C(=O)N[C@H](c2ccc(OC(=O)c4ccc(Cl)cc4Cl)c(OC)c2)N3)C1. The van der Waals surface area contributed by atoms with Crippen LogP contribution in [0.2, 0.25) is 10.0 Å². The summed E-state index contributed by atoms with van der Waals surface area (Å²) < 4.78 is 11.1. The average molecular weight is 574 g/mol. The number of amides is 1. The lowest BCUT2D eigenvalue weighted by Gasteiger charge is -2.36. The molecule has 3 aromatic rings. The Kier molecular flexibility index (Phi) is 7.37. The summed E-state index contributed by atoms with van der Waals surface area (Å²) >= 11 is 13.8. The summed E-state index contributed by atoms with van der Waals surface area (Å²) in [4.78, 5) is 27.3. The molecule has 1 aliphatic heterocycles. The van der Waals surface area contributed by atoms with Gasteiger partial charge in [-0.05, 0) is 72.1 Å². The molecule has 0 bridgehead atoms. The summed E-state index contributed by atoms with van der Waals surface area (Å²) in [7, 11) is 1.50. The second-order valence-electron chi connectivity index (χ2n) is 10.5. The first-order valence-electron chi connectivity index (χ1n) is 12.7. The first kappa shape index (κ1) is 26.9. The molecule has 2 aliphatic rings. The standard InChI is InChI=1S/C29H30Cl2N2O4S/c1-5-29(2,3)16-7-9-19-23(13-16)38-27-24(19)26(34)32-25(33-27)15-6-11-21(22(12-15)36-4)37-28(35)18-10-8-17(30)14-20(18)31/h6,8,10-12,14,16,25,33H,5,7,9,13H2,1-4H3,(H,32,34)/t16-,25-/m0/s1. The summed E-state index contributed by atoms with van der Waals surface area (Å²) in [6, 6.07) is 9.77. The summed E-state index contributed by atoms with van der Waals surface area (Å²) in [5, 5.41) is 8.14. The molecule has 200 valence electrons. The number of rotatable bonds is 6. The van der Waals surface area contributed by atoms with Gasteiger partial charge in [-0.15, -0.1) is 11.3 Å². The number of esters is 1. The molecule has 0 radical (unpaired) electrons. The lowest BCUT2D eigenvalue weighted by molar-refractivity contribution is 0.0729. The Balaban J connectivity index is 1.36. The van der Waals surface area contributed by atoms with Crippen molar-refractivity contribution in [2.75, 3.05) is 12.4 Å². The number of hydrogen-bond donors (Lipinski definition) is 2. The van der Waals surface area contributed by atoms with Crippen molar-refractivity contribution in [1.82, 2.24) is 5.32 Å². The molecule has 0 spiro atoms. The number of fused-ring (bicyclic) bond motifs is 3. The number of anilines is 1. The van der Waals surface area contributed by atoms with Crippen molar-refractivity contribution in [2.45, 2.75) is 52.6 Å². The van der Waals surface area contributed by atoms with Crippen molar-refractivity contribution in [3.8, 4) is 11.5 Å². The van der Waals surface area contributed by atoms with Crippen LogP contribution in [0.25, 0.3) is 0 Å². The van der Waals surface area contributed by atoms with Crippen LogP contribution in [0.5, 0.6) is 11.5 Å². The number of halogens is 2. The third kappa shape index (κ3) is 4.99. The molecule has 0 saturated carbocycles. The lowest BCUT2D eigenvalue weighted by Crippen LogP contribution is -2.38. The summed E-state index contributed by atoms with van der Waals surface area (Å²) in [6.45, 7) is 6.94. The maximum atomic E-state index is 13.2. The Bertz CT molecular complexity index is 1420. The van der Waals surface area contributed by atoms with Crippen LogP contribution in [0, 0.1) is 11.3 Å². The van der Waals surface area contributed by atoms with Gasteiger partial charge in [0.2, 0.25) is 0 Å². The predicted molar refractivity (Wildman–Crippen MR) is 152 cm³/mol. The third-order valence-electron chi connectivity index (χ3n) is 7.93. The average Bonchev–Trinajstić information content (AvgIpc) is 3.27. The van der Waals surface area contributed by atoms with Gasteiger partial charge < -0.3 is 20.1 Å². The van der Waals surface area contributed by atoms with Gasteiger partial charge in [-0.2, -0.15) is 0 Å². The minimum absolute atomic E-state index is 0.0682. The number of carbonyl (C=O) groups excluding carboxylic acids is 2. The quantitative estimate of drug-likeness (QED) is 0.234. The zero-order chi connectivity index (χ0) is 27.2. The molecule has 2 atom stereocenters. The molecule has 2 N–H and O–H groups in total. The van der Waals surface area contributed by atoms with Gasteiger partial charge in [0, 0.05) is 9.90 Å². The van der Waals surface area contributed by atoms with Gasteiger partial charge in [0.25, 0.3) is 5.91 Å². The maximum absolute atomic E-state index is 13.2. The highest BCUT2D eigenvalue weighted by molar-refractivity contribution is 7.16. The Morgan fingerprint density at radius 1 is 1.13 bits per heavy atom. The molecule has 2 aromatic carbocycles. The van der Waals surface area contributed by atoms with Gasteiger partial charge in [0.15, 0.2) is 11.5 Å². The van der Waals surface area contributed by atoms with Crippen molar-refractivity contribution in [1.29, 1.82) is 0 Å². The zero-order valence-corrected chi connectivity index (χ0v) is 24.1. The van der Waals surface area contributed by atoms with Crippen LogP contribution in [0.3, 0.4) is 0 Å². The number of carbonyl (C=O) groups is 2. The zero-order valence-electron chi connectivity index (χ0n) is 21.7. The summed E-state index contributed by atoms with van der Waals surface area (Å²) in [6.07, 6.45) is 3.74. The molecule has 5 rings (SSSR count). The molecule has 9 heteroatoms. The summed E-state index contributed by atoms with van der Waals surface area (Å²) in [5.74, 6) is 0.520. The topological polar surface area (TPSA) is 76.7 Å². The van der Waals surface area contributed by atoms with E-state index in [0.29, 0.717) is 16.7 Å². The Morgan fingerprint density at radius 2 is 1.92 bits per heavy atom. The molecule has 1 amide bonds. The van der Waals surface area contributed by atoms with Crippen LogP contribution in [0.4, 0.5) is 5.00 Å². The fraction of sp³-hybridized carbons (Fsp3) is 0.379. The van der Waals surface area contributed by atoms with Crippen LogP contribution in [0.15, 0.2) is 36.4 Å². The lowest BCUT2D eigenvalue weighted by atomic mass is 9.69. The number of nitrogens with one attached hydrogen (secondary N) is 2. The van der Waals surface area contributed by atoms with E-state index in [2.05, 4.69) is 31.4 Å². The van der Waals surface area contributed by atoms with E-state index in [1.54, 1.807) is 35.6 Å². The van der Waals surface area contributed by atoms with Gasteiger partial charge >= 0.3 is 5.97 Å². The Hall–Kier alpha value is -2.74. The van der Waals surface area contributed by atoms with E-state index in [4.69, 9.17) is 32.7 Å². The molecule has 6 nitrogen and oxygen atoms in total. The highest BCUT2D eigenvalue weighted by Crippen LogP contribution is 2.47. The second kappa shape index (κ2) is 10.4. The van der Waals surface area contributed by atoms with E-state index in [-0.39, 0.29) is 27.7 Å². The van der Waals surface area contributed by atoms with Crippen LogP contribution in [0.1, 0.15) is 76.5 Å². The highest BCUT2D eigenvalue weighted by Gasteiger charge is 2.37. The van der Waals surface area contributed by atoms with Gasteiger partial charge in [-0.1, -0.05) is 56.5 Å². The molecule has 0 saturated heterocycles. The Labute approximate surface area is 236 Å². The third-order valence-corrected chi connectivity index (χ3v) is 9.67. The first-order valence-corrected chi connectivity index (χ1v) is 14.3. The van der Waals surface area contributed by atoms with E-state index in [1.165, 1.54) is 29.7 Å². The molecule has 1 aromatic heterocycles. The number of thiophene rings is 1. The molecule has 2 heterocycles. The van der Waals surface area contributed by atoms with E-state index in [0.717, 1.165) is 41.8 Å². The summed E-state index contributed by atoms with van der Waals surface area (Å²) in [5.41, 5.74) is 3.23. The largest absolute Gasteiger partial charge is 0.493 e. The van der Waals surface area contributed by atoms with E-state index < -0.39 is 12.1 Å². The number of ether oxygens (including phenoxy) is 2. The molecule has 1 aliphatic carbocycles. The van der Waals surface area contributed by atoms with Gasteiger partial charge in [0.1, 0.15) is 11.2 Å². The van der Waals surface area contributed by atoms with Crippen LogP contribution < -0.4 is 20.1 Å². The van der Waals surface area contributed by atoms with Crippen LogP contribution in [-0.4, -0.2) is 19.0 Å². The predicted octanol–water partition coefficient (Wildman–Crippen LogP) is 7.68. The number of hydrogen-bond acceptors (Lipinski definition) is 6. The molecule has 0 fully saturated rings. The normalized spacial score (nSPS) is 18.6. The fourth-order valence-electron chi connectivity index (χ4n) is 5.18. The maximum Gasteiger partial charge on any atom is 0.345 e. The van der Waals surface area contributed by atoms with Gasteiger partial charge in [-0.25, -0.2) is 4.79 Å². The molecular weight excluding hydrogens is 543 g/mol. The van der Waals surface area contributed by atoms with Gasteiger partial charge in [-0.3, -0.25) is 4.79 Å². The number of benzene rings is 2.